The molecule has 0 aliphatic carbocycles. The molecule has 0 radical (unpaired) electrons. The molecule has 0 bridgehead atoms. The lowest BCUT2D eigenvalue weighted by Gasteiger charge is -2.42. The third kappa shape index (κ3) is 3.97. The number of carbonyl (C=O) groups excluding carboxylic acids is 1. The van der Waals surface area contributed by atoms with E-state index in [2.05, 4.69) is 15.3 Å². The Balaban J connectivity index is 2.10. The summed E-state index contributed by atoms with van der Waals surface area (Å²) in [5.74, 6) is -7.35. The third-order valence-corrected chi connectivity index (χ3v) is 5.33. The van der Waals surface area contributed by atoms with Gasteiger partial charge in [0.05, 0.1) is 10.7 Å². The smallest absolute Gasteiger partial charge is 0.304 e. The zero-order chi connectivity index (χ0) is 23.2. The van der Waals surface area contributed by atoms with Crippen LogP contribution in [-0.2, 0) is 10.3 Å². The highest BCUT2D eigenvalue weighted by molar-refractivity contribution is 6.30. The maximum atomic E-state index is 15.5. The van der Waals surface area contributed by atoms with E-state index in [0.29, 0.717) is 6.07 Å². The second kappa shape index (κ2) is 7.76. The van der Waals surface area contributed by atoms with Crippen molar-refractivity contribution in [3.05, 3.63) is 58.4 Å². The van der Waals surface area contributed by atoms with E-state index in [1.54, 1.807) is 0 Å². The fourth-order valence-corrected chi connectivity index (χ4v) is 3.38. The number of benzene rings is 1. The van der Waals surface area contributed by atoms with Crippen molar-refractivity contribution >= 4 is 29.0 Å². The Labute approximate surface area is 180 Å². The SMILES string of the molecule is CC1(C)OCC(N)=NC(C)(c2cc(NC(=O)c3ccc(Cl)cn3)c(F)cc2F)C1(F)F. The van der Waals surface area contributed by atoms with Crippen LogP contribution in [0, 0.1) is 11.6 Å². The molecule has 0 fully saturated rings. The molecule has 0 spiro atoms. The summed E-state index contributed by atoms with van der Waals surface area (Å²) in [6.07, 6.45) is 1.20. The number of nitrogens with two attached hydrogens (primary N) is 1. The molecule has 31 heavy (non-hydrogen) atoms. The van der Waals surface area contributed by atoms with Gasteiger partial charge in [-0.05, 0) is 39.0 Å². The Bertz CT molecular complexity index is 1060. The van der Waals surface area contributed by atoms with Crippen molar-refractivity contribution < 1.29 is 27.1 Å². The molecule has 3 rings (SSSR count). The molecule has 3 N–H and O–H groups in total. The molecule has 6 nitrogen and oxygen atoms in total. The zero-order valence-electron chi connectivity index (χ0n) is 16.8. The topological polar surface area (TPSA) is 89.6 Å². The molecule has 2 heterocycles. The first-order chi connectivity index (χ1) is 14.3. The van der Waals surface area contributed by atoms with Crippen LogP contribution < -0.4 is 11.1 Å². The van der Waals surface area contributed by atoms with Crippen molar-refractivity contribution in [1.29, 1.82) is 0 Å². The molecule has 1 amide bonds. The number of aromatic nitrogens is 1. The lowest BCUT2D eigenvalue weighted by Crippen LogP contribution is -2.56. The van der Waals surface area contributed by atoms with Gasteiger partial charge in [0.25, 0.3) is 5.91 Å². The molecule has 1 aliphatic heterocycles. The average Bonchev–Trinajstić information content (AvgIpc) is 2.73. The second-order valence-corrected chi connectivity index (χ2v) is 8.11. The third-order valence-electron chi connectivity index (χ3n) is 5.11. The Kier molecular flexibility index (Phi) is 5.74. The average molecular weight is 459 g/mol. The quantitative estimate of drug-likeness (QED) is 0.672. The van der Waals surface area contributed by atoms with Gasteiger partial charge in [0, 0.05) is 17.8 Å². The summed E-state index contributed by atoms with van der Waals surface area (Å²) in [4.78, 5) is 20.0. The molecular formula is C20H19ClF4N4O2. The minimum atomic E-state index is -3.77. The minimum absolute atomic E-state index is 0.113. The molecule has 1 aromatic heterocycles. The highest BCUT2D eigenvalue weighted by Gasteiger charge is 2.64. The highest BCUT2D eigenvalue weighted by atomic mass is 35.5. The predicted molar refractivity (Wildman–Crippen MR) is 108 cm³/mol. The van der Waals surface area contributed by atoms with Crippen LogP contribution in [0.4, 0.5) is 23.2 Å². The first-order valence-corrected chi connectivity index (χ1v) is 9.45. The van der Waals surface area contributed by atoms with Crippen LogP contribution in [0.25, 0.3) is 0 Å². The predicted octanol–water partition coefficient (Wildman–Crippen LogP) is 4.28. The van der Waals surface area contributed by atoms with Crippen molar-refractivity contribution in [3.63, 3.8) is 0 Å². The number of ether oxygens (including phenoxy) is 1. The summed E-state index contributed by atoms with van der Waals surface area (Å²) < 4.78 is 65.3. The fourth-order valence-electron chi connectivity index (χ4n) is 3.26. The zero-order valence-corrected chi connectivity index (χ0v) is 17.5. The number of amidine groups is 1. The number of rotatable bonds is 3. The molecule has 1 aliphatic rings. The summed E-state index contributed by atoms with van der Waals surface area (Å²) in [6.45, 7) is 2.82. The lowest BCUT2D eigenvalue weighted by atomic mass is 9.78. The first kappa shape index (κ1) is 23.0. The number of pyridine rings is 1. The lowest BCUT2D eigenvalue weighted by molar-refractivity contribution is -0.214. The molecule has 1 atom stereocenters. The number of hydrogen-bond acceptors (Lipinski definition) is 5. The maximum absolute atomic E-state index is 15.5. The molecule has 166 valence electrons. The van der Waals surface area contributed by atoms with Crippen molar-refractivity contribution in [2.24, 2.45) is 10.7 Å². The van der Waals surface area contributed by atoms with E-state index in [0.717, 1.165) is 26.8 Å². The molecule has 0 saturated carbocycles. The van der Waals surface area contributed by atoms with Crippen LogP contribution in [0.2, 0.25) is 5.02 Å². The standard InChI is InChI=1S/C20H19ClF4N4O2/c1-18(2)20(24,25)19(3,29-16(26)9-31-18)11-6-15(13(23)7-12(11)22)28-17(30)14-5-4-10(21)8-27-14/h4-8H,9H2,1-3H3,(H2,26,29)(H,28,30). The maximum Gasteiger partial charge on any atom is 0.304 e. The van der Waals surface area contributed by atoms with E-state index in [9.17, 15) is 13.6 Å². The largest absolute Gasteiger partial charge is 0.385 e. The van der Waals surface area contributed by atoms with Gasteiger partial charge in [-0.2, -0.15) is 0 Å². The van der Waals surface area contributed by atoms with Gasteiger partial charge in [0.1, 0.15) is 35.4 Å². The summed E-state index contributed by atoms with van der Waals surface area (Å²) in [6, 6.07) is 3.84. The van der Waals surface area contributed by atoms with Crippen LogP contribution >= 0.6 is 11.6 Å². The number of halogens is 5. The van der Waals surface area contributed by atoms with Gasteiger partial charge in [0.15, 0.2) is 5.54 Å². The Morgan fingerprint density at radius 1 is 1.19 bits per heavy atom. The van der Waals surface area contributed by atoms with Crippen molar-refractivity contribution in [2.75, 3.05) is 11.9 Å². The monoisotopic (exact) mass is 458 g/mol. The van der Waals surface area contributed by atoms with E-state index in [-0.39, 0.29) is 16.6 Å². The van der Waals surface area contributed by atoms with Gasteiger partial charge in [-0.3, -0.25) is 9.79 Å². The Morgan fingerprint density at radius 2 is 1.87 bits per heavy atom. The van der Waals surface area contributed by atoms with Crippen LogP contribution in [0.1, 0.15) is 36.8 Å². The minimum Gasteiger partial charge on any atom is -0.385 e. The van der Waals surface area contributed by atoms with E-state index in [1.807, 2.05) is 0 Å². The van der Waals surface area contributed by atoms with Crippen molar-refractivity contribution in [2.45, 2.75) is 37.8 Å². The molecule has 11 heteroatoms. The van der Waals surface area contributed by atoms with Crippen LogP contribution in [0.15, 0.2) is 35.5 Å². The van der Waals surface area contributed by atoms with Gasteiger partial charge in [-0.1, -0.05) is 11.6 Å². The van der Waals surface area contributed by atoms with E-state index < -0.39 is 52.5 Å². The summed E-state index contributed by atoms with van der Waals surface area (Å²) in [7, 11) is 0. The van der Waals surface area contributed by atoms with Gasteiger partial charge < -0.3 is 15.8 Å². The molecule has 2 aromatic rings. The number of nitrogens with zero attached hydrogens (tertiary/aromatic N) is 2. The molecular weight excluding hydrogens is 440 g/mol. The highest BCUT2D eigenvalue weighted by Crippen LogP contribution is 2.51. The van der Waals surface area contributed by atoms with Crippen molar-refractivity contribution in [3.8, 4) is 0 Å². The van der Waals surface area contributed by atoms with Crippen LogP contribution in [0.5, 0.6) is 0 Å². The van der Waals surface area contributed by atoms with Gasteiger partial charge >= 0.3 is 5.92 Å². The van der Waals surface area contributed by atoms with Crippen LogP contribution in [0.3, 0.4) is 0 Å². The molecule has 0 saturated heterocycles. The van der Waals surface area contributed by atoms with Gasteiger partial charge in [-0.25, -0.2) is 22.5 Å². The summed E-state index contributed by atoms with van der Waals surface area (Å²) in [5.41, 5.74) is -0.261. The van der Waals surface area contributed by atoms with Crippen LogP contribution in [-0.4, -0.2) is 34.9 Å². The first-order valence-electron chi connectivity index (χ1n) is 9.07. The number of anilines is 1. The second-order valence-electron chi connectivity index (χ2n) is 7.68. The number of alkyl halides is 2. The summed E-state index contributed by atoms with van der Waals surface area (Å²) >= 11 is 5.72. The van der Waals surface area contributed by atoms with E-state index in [4.69, 9.17) is 22.1 Å². The van der Waals surface area contributed by atoms with Gasteiger partial charge in [-0.15, -0.1) is 0 Å². The normalized spacial score (nSPS) is 22.4. The number of hydrogen-bond donors (Lipinski definition) is 2. The number of nitrogens with one attached hydrogen (secondary N) is 1. The Morgan fingerprint density at radius 3 is 2.48 bits per heavy atom. The van der Waals surface area contributed by atoms with Gasteiger partial charge in [0.2, 0.25) is 0 Å². The number of aliphatic imine (C=N–C) groups is 1. The molecule has 1 unspecified atom stereocenters. The van der Waals surface area contributed by atoms with E-state index >= 15 is 8.78 Å². The number of carbonyl (C=O) groups is 1. The molecule has 1 aromatic carbocycles. The summed E-state index contributed by atoms with van der Waals surface area (Å²) in [5, 5.41) is 2.48. The fraction of sp³-hybridized carbons (Fsp3) is 0.350. The van der Waals surface area contributed by atoms with Crippen molar-refractivity contribution in [1.82, 2.24) is 4.98 Å². The Hall–Kier alpha value is -2.72. The number of amides is 1. The van der Waals surface area contributed by atoms with E-state index in [1.165, 1.54) is 18.3 Å².